The maximum Gasteiger partial charge on any atom is 0.109 e. The maximum atomic E-state index is 10.8. The molecule has 35 heavy (non-hydrogen) atoms. The SMILES string of the molecule is CC1C(/C=C\C2CCC[C@@]3(C)C2CCC3[C@H](C)CCCC(C)(C)O)C[C@@H](O)[C@@H](OCCCO)[C@@H]1O. The molecule has 0 spiro atoms. The molecular formula is C30H54O5. The number of fused-ring (bicyclic) bond motifs is 1. The molecule has 0 radical (unpaired) electrons. The fourth-order valence-corrected chi connectivity index (χ4v) is 7.95. The summed E-state index contributed by atoms with van der Waals surface area (Å²) in [4.78, 5) is 0. The lowest BCUT2D eigenvalue weighted by molar-refractivity contribution is -0.149. The molecule has 0 aromatic heterocycles. The molecule has 10 atom stereocenters. The summed E-state index contributed by atoms with van der Waals surface area (Å²) in [5.41, 5.74) is -0.171. The second kappa shape index (κ2) is 12.4. The first kappa shape index (κ1) is 29.1. The summed E-state index contributed by atoms with van der Waals surface area (Å²) in [5.74, 6) is 2.96. The van der Waals surface area contributed by atoms with Crippen LogP contribution in [0.5, 0.6) is 0 Å². The Balaban J connectivity index is 1.60. The van der Waals surface area contributed by atoms with Crippen LogP contribution in [0.25, 0.3) is 0 Å². The predicted octanol–water partition coefficient (Wildman–Crippen LogP) is 5.10. The van der Waals surface area contributed by atoms with Crippen molar-refractivity contribution in [1.82, 2.24) is 0 Å². The second-order valence-electron chi connectivity index (χ2n) is 13.1. The summed E-state index contributed by atoms with van der Waals surface area (Å²) >= 11 is 0. The van der Waals surface area contributed by atoms with E-state index in [0.29, 0.717) is 36.7 Å². The Hall–Kier alpha value is -0.460. The number of aliphatic hydroxyl groups is 4. The Bertz CT molecular complexity index is 672. The predicted molar refractivity (Wildman–Crippen MR) is 141 cm³/mol. The molecule has 3 rings (SSSR count). The standard InChI is InChI=1S/C30H54O5/c1-20(9-6-15-29(3,4)34)24-13-14-25-22(10-7-16-30(24,25)5)11-12-23-19-26(32)28(27(33)21(23)2)35-18-8-17-31/h11-12,20-28,31-34H,6-10,13-19H2,1-5H3/b12-11-/t20-,21?,22?,23?,24?,25?,26-,27-,28-,30-/m1/s1. The van der Waals surface area contributed by atoms with Gasteiger partial charge in [-0.3, -0.25) is 0 Å². The van der Waals surface area contributed by atoms with Gasteiger partial charge in [0.15, 0.2) is 0 Å². The van der Waals surface area contributed by atoms with Crippen LogP contribution >= 0.6 is 0 Å². The van der Waals surface area contributed by atoms with E-state index in [2.05, 4.69) is 32.9 Å². The van der Waals surface area contributed by atoms with Gasteiger partial charge in [0.1, 0.15) is 6.10 Å². The minimum Gasteiger partial charge on any atom is -0.396 e. The van der Waals surface area contributed by atoms with Crippen LogP contribution in [-0.2, 0) is 4.74 Å². The molecule has 4 N–H and O–H groups in total. The van der Waals surface area contributed by atoms with Crippen LogP contribution in [-0.4, -0.2) is 57.6 Å². The van der Waals surface area contributed by atoms with Crippen LogP contribution in [0.3, 0.4) is 0 Å². The molecule has 3 aliphatic rings. The molecule has 3 saturated carbocycles. The van der Waals surface area contributed by atoms with Crippen LogP contribution < -0.4 is 0 Å². The summed E-state index contributed by atoms with van der Waals surface area (Å²) in [5, 5.41) is 40.6. The third-order valence-corrected chi connectivity index (χ3v) is 10.0. The summed E-state index contributed by atoms with van der Waals surface area (Å²) in [6.07, 6.45) is 13.6. The van der Waals surface area contributed by atoms with Crippen LogP contribution in [0.15, 0.2) is 12.2 Å². The molecule has 204 valence electrons. The lowest BCUT2D eigenvalue weighted by atomic mass is 9.59. The Kier molecular flexibility index (Phi) is 10.3. The van der Waals surface area contributed by atoms with Gasteiger partial charge in [0, 0.05) is 13.2 Å². The van der Waals surface area contributed by atoms with E-state index in [1.54, 1.807) is 0 Å². The molecule has 3 aliphatic carbocycles. The third kappa shape index (κ3) is 7.10. The van der Waals surface area contributed by atoms with Crippen molar-refractivity contribution in [2.24, 2.45) is 40.9 Å². The molecule has 5 unspecified atom stereocenters. The van der Waals surface area contributed by atoms with Gasteiger partial charge in [-0.2, -0.15) is 0 Å². The van der Waals surface area contributed by atoms with Gasteiger partial charge in [-0.25, -0.2) is 0 Å². The smallest absolute Gasteiger partial charge is 0.109 e. The quantitative estimate of drug-likeness (QED) is 0.237. The monoisotopic (exact) mass is 494 g/mol. The summed E-state index contributed by atoms with van der Waals surface area (Å²) < 4.78 is 5.71. The van der Waals surface area contributed by atoms with Crippen molar-refractivity contribution in [2.45, 2.75) is 123 Å². The lowest BCUT2D eigenvalue weighted by Crippen LogP contribution is -2.50. The molecule has 0 aromatic carbocycles. The third-order valence-electron chi connectivity index (χ3n) is 10.0. The van der Waals surface area contributed by atoms with Gasteiger partial charge >= 0.3 is 0 Å². The minimum absolute atomic E-state index is 0.0378. The highest BCUT2D eigenvalue weighted by Crippen LogP contribution is 2.60. The first-order valence-electron chi connectivity index (χ1n) is 14.5. The zero-order valence-electron chi connectivity index (χ0n) is 23.0. The van der Waals surface area contributed by atoms with Gasteiger partial charge in [-0.15, -0.1) is 0 Å². The zero-order chi connectivity index (χ0) is 25.8. The summed E-state index contributed by atoms with van der Waals surface area (Å²) in [7, 11) is 0. The fourth-order valence-electron chi connectivity index (χ4n) is 7.95. The number of hydrogen-bond donors (Lipinski definition) is 4. The van der Waals surface area contributed by atoms with Crippen molar-refractivity contribution in [3.63, 3.8) is 0 Å². The molecule has 0 amide bonds. The van der Waals surface area contributed by atoms with E-state index in [1.165, 1.54) is 38.5 Å². The van der Waals surface area contributed by atoms with E-state index in [4.69, 9.17) is 9.84 Å². The molecule has 0 heterocycles. The summed E-state index contributed by atoms with van der Waals surface area (Å²) in [6, 6.07) is 0. The molecule has 3 fully saturated rings. The molecule has 0 bridgehead atoms. The molecule has 0 saturated heterocycles. The van der Waals surface area contributed by atoms with Crippen LogP contribution in [0.1, 0.15) is 98.8 Å². The number of allylic oxidation sites excluding steroid dienone is 2. The Morgan fingerprint density at radius 3 is 2.49 bits per heavy atom. The Morgan fingerprint density at radius 2 is 1.80 bits per heavy atom. The van der Waals surface area contributed by atoms with Gasteiger partial charge in [-0.1, -0.05) is 52.2 Å². The molecule has 0 aromatic rings. The second-order valence-corrected chi connectivity index (χ2v) is 13.1. The van der Waals surface area contributed by atoms with E-state index < -0.39 is 23.9 Å². The Labute approximate surface area is 214 Å². The van der Waals surface area contributed by atoms with E-state index in [9.17, 15) is 15.3 Å². The van der Waals surface area contributed by atoms with Crippen LogP contribution in [0.4, 0.5) is 0 Å². The van der Waals surface area contributed by atoms with Gasteiger partial charge in [0.05, 0.1) is 17.8 Å². The molecule has 5 nitrogen and oxygen atoms in total. The molecule has 5 heteroatoms. The highest BCUT2D eigenvalue weighted by Gasteiger charge is 2.51. The number of hydrogen-bond acceptors (Lipinski definition) is 5. The lowest BCUT2D eigenvalue weighted by Gasteiger charge is -2.46. The van der Waals surface area contributed by atoms with Gasteiger partial charge < -0.3 is 25.2 Å². The first-order valence-corrected chi connectivity index (χ1v) is 14.5. The maximum absolute atomic E-state index is 10.8. The first-order chi connectivity index (χ1) is 16.5. The average molecular weight is 495 g/mol. The van der Waals surface area contributed by atoms with Crippen molar-refractivity contribution in [1.29, 1.82) is 0 Å². The van der Waals surface area contributed by atoms with Gasteiger partial charge in [0.2, 0.25) is 0 Å². The topological polar surface area (TPSA) is 90.2 Å². The minimum atomic E-state index is -0.690. The van der Waals surface area contributed by atoms with E-state index in [1.807, 2.05) is 13.8 Å². The van der Waals surface area contributed by atoms with Crippen molar-refractivity contribution >= 4 is 0 Å². The van der Waals surface area contributed by atoms with Crippen LogP contribution in [0.2, 0.25) is 0 Å². The van der Waals surface area contributed by atoms with Crippen LogP contribution in [0, 0.1) is 40.9 Å². The van der Waals surface area contributed by atoms with E-state index in [-0.39, 0.29) is 18.4 Å². The molecular weight excluding hydrogens is 440 g/mol. The summed E-state index contributed by atoms with van der Waals surface area (Å²) in [6.45, 7) is 11.3. The van der Waals surface area contributed by atoms with E-state index in [0.717, 1.165) is 24.7 Å². The van der Waals surface area contributed by atoms with Gasteiger partial charge in [-0.05, 0) is 99.7 Å². The number of ether oxygens (including phenoxy) is 1. The van der Waals surface area contributed by atoms with Crippen molar-refractivity contribution in [2.75, 3.05) is 13.2 Å². The fraction of sp³-hybridized carbons (Fsp3) is 0.933. The highest BCUT2D eigenvalue weighted by atomic mass is 16.5. The zero-order valence-corrected chi connectivity index (χ0v) is 23.0. The number of aliphatic hydroxyl groups excluding tert-OH is 3. The largest absolute Gasteiger partial charge is 0.396 e. The van der Waals surface area contributed by atoms with Crippen molar-refractivity contribution in [3.8, 4) is 0 Å². The molecule has 0 aliphatic heterocycles. The van der Waals surface area contributed by atoms with Crippen molar-refractivity contribution < 1.29 is 25.2 Å². The highest BCUT2D eigenvalue weighted by molar-refractivity contribution is 5.09. The number of rotatable bonds is 11. The normalized spacial score (nSPS) is 41.3. The average Bonchev–Trinajstić information content (AvgIpc) is 3.14. The Morgan fingerprint density at radius 1 is 1.09 bits per heavy atom. The van der Waals surface area contributed by atoms with Gasteiger partial charge in [0.25, 0.3) is 0 Å². The van der Waals surface area contributed by atoms with E-state index >= 15 is 0 Å². The van der Waals surface area contributed by atoms with Crippen molar-refractivity contribution in [3.05, 3.63) is 12.2 Å².